The fourth-order valence-electron chi connectivity index (χ4n) is 0. The molecule has 0 saturated heterocycles. The van der Waals surface area contributed by atoms with Crippen molar-refractivity contribution < 1.29 is 4.11 Å². The fourth-order valence-corrected chi connectivity index (χ4v) is 0. The lowest BCUT2D eigenvalue weighted by Gasteiger charge is -1.39. The van der Waals surface area contributed by atoms with Gasteiger partial charge in [-0.2, -0.15) is 22.2 Å². The van der Waals surface area contributed by atoms with Gasteiger partial charge in [-0.15, -0.1) is 0 Å². The van der Waals surface area contributed by atoms with Crippen LogP contribution in [0, 0.1) is 0 Å². The molecule has 0 N–H and O–H groups in total. The molecule has 0 atom stereocenters. The van der Waals surface area contributed by atoms with E-state index >= 15 is 0 Å². The van der Waals surface area contributed by atoms with E-state index in [0.29, 0.717) is 0 Å². The van der Waals surface area contributed by atoms with Gasteiger partial charge in [0.05, 0.1) is 0 Å². The highest BCUT2D eigenvalue weighted by Crippen LogP contribution is 1.67. The molecule has 5 heavy (non-hydrogen) atoms. The largest absolute Gasteiger partial charge is 0.327 e. The Balaban J connectivity index is 0. The van der Waals surface area contributed by atoms with Crippen molar-refractivity contribution in [2.24, 2.45) is 0 Å². The highest BCUT2D eigenvalue weighted by atomic mass is 35.7. The summed E-state index contributed by atoms with van der Waals surface area (Å²) in [6.45, 7) is 0. The normalized spacial score (nSPS) is 5.40. The van der Waals surface area contributed by atoms with Gasteiger partial charge < -0.3 is 4.11 Å². The molecule has 0 aliphatic heterocycles. The molecule has 0 radical (unpaired) electrons. The van der Waals surface area contributed by atoms with E-state index in [1.165, 1.54) is 0 Å². The van der Waals surface area contributed by atoms with Crippen LogP contribution in [0.15, 0.2) is 0 Å². The van der Waals surface area contributed by atoms with Crippen LogP contribution in [-0.4, -0.2) is 18.7 Å². The molecule has 0 aliphatic rings. The second-order valence-electron chi connectivity index (χ2n) is 0.101. The standard InChI is InChI=1S/Cl2H2Si.FH3Si/c1-3-2;1-2/h3H2;2H3. The molecule has 34 valence electrons. The van der Waals surface area contributed by atoms with Gasteiger partial charge in [0.15, 0.2) is 0 Å². The number of halogens is 3. The minimum absolute atomic E-state index is 0.194. The molecule has 0 saturated carbocycles. The summed E-state index contributed by atoms with van der Waals surface area (Å²) < 4.78 is 9.64. The Bertz CT molecular complexity index is 7.61. The van der Waals surface area contributed by atoms with Crippen molar-refractivity contribution in [3.63, 3.8) is 0 Å². The van der Waals surface area contributed by atoms with Gasteiger partial charge in [-0.1, -0.05) is 0 Å². The molecule has 0 unspecified atom stereocenters. The minimum Gasteiger partial charge on any atom is -0.327 e. The molecule has 5 heteroatoms. The Hall–Kier alpha value is 0.944. The van der Waals surface area contributed by atoms with E-state index in [1.807, 2.05) is 0 Å². The molecule has 0 aromatic rings. The Morgan fingerprint density at radius 3 is 1.40 bits per heavy atom. The molecule has 0 heterocycles. The van der Waals surface area contributed by atoms with Crippen molar-refractivity contribution in [2.45, 2.75) is 0 Å². The zero-order valence-electron chi connectivity index (χ0n) is 2.84. The van der Waals surface area contributed by atoms with Gasteiger partial charge in [0.1, 0.15) is 0 Å². The molecular formula is H5Cl2FSi2. The predicted octanol–water partition coefficient (Wildman–Crippen LogP) is -0.301. The van der Waals surface area contributed by atoms with E-state index in [9.17, 15) is 4.11 Å². The highest BCUT2D eigenvalue weighted by Gasteiger charge is 1.46. The summed E-state index contributed by atoms with van der Waals surface area (Å²) in [5.74, 6) is 0. The van der Waals surface area contributed by atoms with Crippen molar-refractivity contribution in [1.82, 2.24) is 0 Å². The summed E-state index contributed by atoms with van der Waals surface area (Å²) in [5.41, 5.74) is 0. The van der Waals surface area contributed by atoms with Crippen molar-refractivity contribution >= 4 is 40.9 Å². The minimum atomic E-state index is -0.639. The highest BCUT2D eigenvalue weighted by molar-refractivity contribution is 7.22. The molecule has 0 fully saturated rings. The third-order valence-electron chi connectivity index (χ3n) is 0. The predicted molar refractivity (Wildman–Crippen MR) is 31.3 cm³/mol. The molecule has 0 nitrogen and oxygen atoms in total. The van der Waals surface area contributed by atoms with Crippen molar-refractivity contribution in [3.8, 4) is 0 Å². The quantitative estimate of drug-likeness (QED) is 0.329. The van der Waals surface area contributed by atoms with E-state index < -0.39 is 8.14 Å². The van der Waals surface area contributed by atoms with Crippen LogP contribution in [0.2, 0.25) is 0 Å². The SMILES string of the molecule is Cl[SiH2]Cl.F[SiH3]. The molecular weight excluding hydrogens is 146 g/mol. The summed E-state index contributed by atoms with van der Waals surface area (Å²) in [6, 6.07) is 0. The van der Waals surface area contributed by atoms with Gasteiger partial charge in [0.2, 0.25) is 18.7 Å². The van der Waals surface area contributed by atoms with Crippen LogP contribution in [0.3, 0.4) is 0 Å². The Labute approximate surface area is 45.5 Å². The second-order valence-corrected chi connectivity index (χ2v) is 2.73. The third kappa shape index (κ3) is 48.1. The van der Waals surface area contributed by atoms with Gasteiger partial charge in [-0.05, 0) is 0 Å². The molecule has 0 bridgehead atoms. The van der Waals surface area contributed by atoms with E-state index in [2.05, 4.69) is 0 Å². The first-order valence-electron chi connectivity index (χ1n) is 0.912. The van der Waals surface area contributed by atoms with Gasteiger partial charge in [0.25, 0.3) is 0 Å². The third-order valence-corrected chi connectivity index (χ3v) is 0. The molecule has 0 rings (SSSR count). The van der Waals surface area contributed by atoms with Crippen LogP contribution in [0.5, 0.6) is 0 Å². The van der Waals surface area contributed by atoms with Crippen molar-refractivity contribution in [1.29, 1.82) is 0 Å². The van der Waals surface area contributed by atoms with Crippen LogP contribution in [0.25, 0.3) is 0 Å². The van der Waals surface area contributed by atoms with Gasteiger partial charge in [-0.3, -0.25) is 0 Å². The smallest absolute Gasteiger partial charge is 0.222 e. The summed E-state index contributed by atoms with van der Waals surface area (Å²) in [5, 5.41) is 0. The lowest BCUT2D eigenvalue weighted by atomic mass is 18.9. The maximum absolute atomic E-state index is 9.64. The Morgan fingerprint density at radius 2 is 1.40 bits per heavy atom. The first kappa shape index (κ1) is 9.34. The summed E-state index contributed by atoms with van der Waals surface area (Å²) in [4.78, 5) is 0. The maximum atomic E-state index is 9.64. The van der Waals surface area contributed by atoms with E-state index in [-0.39, 0.29) is 10.6 Å². The van der Waals surface area contributed by atoms with Gasteiger partial charge in [-0.25, -0.2) is 0 Å². The van der Waals surface area contributed by atoms with Crippen LogP contribution < -0.4 is 0 Å². The molecule has 0 aromatic heterocycles. The van der Waals surface area contributed by atoms with Crippen LogP contribution in [0.4, 0.5) is 4.11 Å². The zero-order valence-corrected chi connectivity index (χ0v) is 7.77. The molecule has 0 amide bonds. The Kier molecular flexibility index (Phi) is 38.0. The monoisotopic (exact) mass is 150 g/mol. The maximum Gasteiger partial charge on any atom is 0.222 e. The van der Waals surface area contributed by atoms with Gasteiger partial charge in [0, 0.05) is 0 Å². The fraction of sp³-hybridized carbons (Fsp3) is 0. The number of hydrogen-bond acceptors (Lipinski definition) is 0. The van der Waals surface area contributed by atoms with Gasteiger partial charge >= 0.3 is 0 Å². The topological polar surface area (TPSA) is 0 Å². The lowest BCUT2D eigenvalue weighted by Crippen LogP contribution is -1.36. The molecule has 0 aromatic carbocycles. The first-order chi connectivity index (χ1) is 2.41. The lowest BCUT2D eigenvalue weighted by molar-refractivity contribution is 0.902. The van der Waals surface area contributed by atoms with Crippen LogP contribution >= 0.6 is 22.2 Å². The second kappa shape index (κ2) is 20.4. The van der Waals surface area contributed by atoms with Crippen LogP contribution in [0.1, 0.15) is 0 Å². The van der Waals surface area contributed by atoms with Crippen molar-refractivity contribution in [3.05, 3.63) is 0 Å². The average molecular weight is 151 g/mol. The van der Waals surface area contributed by atoms with E-state index in [1.54, 1.807) is 0 Å². The molecule has 0 aliphatic carbocycles. The first-order valence-corrected chi connectivity index (χ1v) is 5.94. The van der Waals surface area contributed by atoms with E-state index in [0.717, 1.165) is 0 Å². The van der Waals surface area contributed by atoms with E-state index in [4.69, 9.17) is 22.2 Å². The van der Waals surface area contributed by atoms with Crippen LogP contribution in [-0.2, 0) is 0 Å². The number of hydrogen-bond donors (Lipinski definition) is 0. The summed E-state index contributed by atoms with van der Waals surface area (Å²) in [7, 11) is -0.833. The van der Waals surface area contributed by atoms with Crippen molar-refractivity contribution in [2.75, 3.05) is 0 Å². The zero-order chi connectivity index (χ0) is 4.71. The molecule has 0 spiro atoms. The summed E-state index contributed by atoms with van der Waals surface area (Å²) in [6.07, 6.45) is 0. The average Bonchev–Trinajstić information content (AvgIpc) is 1.46. The summed E-state index contributed by atoms with van der Waals surface area (Å²) >= 11 is 9.81. The number of rotatable bonds is 0. The Morgan fingerprint density at radius 1 is 1.40 bits per heavy atom.